The van der Waals surface area contributed by atoms with Crippen LogP contribution in [0.15, 0.2) is 0 Å². The SMILES string of the molecule is NCC(=O)N[C@@H](CS)C(=O)N[C@@H](CC(N)=O)C(=O)NCC(=O)NCC(=O)O. The average molecular weight is 406 g/mol. The Morgan fingerprint density at radius 1 is 0.889 bits per heavy atom. The van der Waals surface area contributed by atoms with Crippen molar-refractivity contribution in [2.24, 2.45) is 11.5 Å². The van der Waals surface area contributed by atoms with Gasteiger partial charge in [-0.05, 0) is 0 Å². The Morgan fingerprint density at radius 3 is 2.00 bits per heavy atom. The predicted molar refractivity (Wildman–Crippen MR) is 94.2 cm³/mol. The number of carboxylic acid groups (broad SMARTS) is 1. The Kier molecular flexibility index (Phi) is 11.2. The number of rotatable bonds is 12. The van der Waals surface area contributed by atoms with Gasteiger partial charge in [0.05, 0.1) is 19.5 Å². The summed E-state index contributed by atoms with van der Waals surface area (Å²) in [7, 11) is 0. The van der Waals surface area contributed by atoms with Crippen LogP contribution in [0, 0.1) is 0 Å². The zero-order valence-corrected chi connectivity index (χ0v) is 15.1. The van der Waals surface area contributed by atoms with Crippen LogP contribution >= 0.6 is 12.6 Å². The van der Waals surface area contributed by atoms with Gasteiger partial charge in [0.2, 0.25) is 29.5 Å². The summed E-state index contributed by atoms with van der Waals surface area (Å²) in [6, 6.07) is -2.54. The molecule has 0 aromatic rings. The third-order valence-corrected chi connectivity index (χ3v) is 3.28. The zero-order valence-electron chi connectivity index (χ0n) is 14.2. The molecule has 0 unspecified atom stereocenters. The number of aliphatic carboxylic acids is 1. The maximum Gasteiger partial charge on any atom is 0.322 e. The molecule has 5 amide bonds. The second kappa shape index (κ2) is 12.5. The first-order chi connectivity index (χ1) is 12.6. The molecule has 0 fully saturated rings. The van der Waals surface area contributed by atoms with Crippen molar-refractivity contribution >= 4 is 48.1 Å². The number of carboxylic acids is 1. The lowest BCUT2D eigenvalue weighted by molar-refractivity contribution is -0.138. The second-order valence-corrected chi connectivity index (χ2v) is 5.49. The van der Waals surface area contributed by atoms with E-state index in [1.807, 2.05) is 5.32 Å². The summed E-state index contributed by atoms with van der Waals surface area (Å²) in [5, 5.41) is 17.1. The number of carbonyl (C=O) groups excluding carboxylic acids is 5. The fourth-order valence-electron chi connectivity index (χ4n) is 1.66. The van der Waals surface area contributed by atoms with Gasteiger partial charge in [-0.3, -0.25) is 28.8 Å². The van der Waals surface area contributed by atoms with Crippen molar-refractivity contribution < 1.29 is 33.9 Å². The topological polar surface area (TPSA) is 223 Å². The van der Waals surface area contributed by atoms with Crippen molar-refractivity contribution in [1.82, 2.24) is 21.3 Å². The van der Waals surface area contributed by atoms with Gasteiger partial charge in [-0.15, -0.1) is 0 Å². The number of nitrogens with two attached hydrogens (primary N) is 2. The van der Waals surface area contributed by atoms with Crippen LogP contribution in [0.3, 0.4) is 0 Å². The molecule has 0 spiro atoms. The van der Waals surface area contributed by atoms with Gasteiger partial charge in [-0.25, -0.2) is 0 Å². The Hall–Kier alpha value is -2.87. The smallest absolute Gasteiger partial charge is 0.322 e. The molecule has 0 aliphatic carbocycles. The third-order valence-electron chi connectivity index (χ3n) is 2.92. The summed E-state index contributed by atoms with van der Waals surface area (Å²) >= 11 is 3.91. The molecule has 0 aliphatic heterocycles. The van der Waals surface area contributed by atoms with Crippen molar-refractivity contribution in [2.45, 2.75) is 18.5 Å². The van der Waals surface area contributed by atoms with Gasteiger partial charge in [0, 0.05) is 5.75 Å². The summed E-state index contributed by atoms with van der Waals surface area (Å²) in [5.41, 5.74) is 10.2. The van der Waals surface area contributed by atoms with E-state index in [4.69, 9.17) is 16.6 Å². The number of hydrogen-bond donors (Lipinski definition) is 8. The molecule has 0 bridgehead atoms. The molecule has 0 aliphatic rings. The Balaban J connectivity index is 4.84. The van der Waals surface area contributed by atoms with Crippen LogP contribution in [0.25, 0.3) is 0 Å². The van der Waals surface area contributed by atoms with E-state index in [-0.39, 0.29) is 12.3 Å². The fourth-order valence-corrected chi connectivity index (χ4v) is 1.91. The van der Waals surface area contributed by atoms with Crippen molar-refractivity contribution in [3.8, 4) is 0 Å². The van der Waals surface area contributed by atoms with Gasteiger partial charge in [0.1, 0.15) is 18.6 Å². The normalized spacial score (nSPS) is 12.2. The lowest BCUT2D eigenvalue weighted by atomic mass is 10.1. The first-order valence-electron chi connectivity index (χ1n) is 7.55. The lowest BCUT2D eigenvalue weighted by Crippen LogP contribution is -2.56. The molecule has 0 saturated heterocycles. The summed E-state index contributed by atoms with van der Waals surface area (Å²) < 4.78 is 0. The van der Waals surface area contributed by atoms with Crippen LogP contribution in [-0.4, -0.2) is 78.1 Å². The van der Waals surface area contributed by atoms with Crippen LogP contribution in [0.1, 0.15) is 6.42 Å². The lowest BCUT2D eigenvalue weighted by Gasteiger charge is -2.21. The largest absolute Gasteiger partial charge is 0.480 e. The average Bonchev–Trinajstić information content (AvgIpc) is 2.60. The van der Waals surface area contributed by atoms with Gasteiger partial charge in [0.15, 0.2) is 0 Å². The van der Waals surface area contributed by atoms with E-state index in [2.05, 4.69) is 28.6 Å². The molecule has 0 radical (unpaired) electrons. The van der Waals surface area contributed by atoms with E-state index in [0.29, 0.717) is 0 Å². The van der Waals surface area contributed by atoms with E-state index in [9.17, 15) is 28.8 Å². The molecule has 0 saturated carbocycles. The van der Waals surface area contributed by atoms with E-state index in [1.165, 1.54) is 0 Å². The molecule has 0 aromatic carbocycles. The van der Waals surface area contributed by atoms with Gasteiger partial charge in [-0.2, -0.15) is 12.6 Å². The molecule has 152 valence electrons. The fraction of sp³-hybridized carbons (Fsp3) is 0.538. The molecule has 0 rings (SSSR count). The van der Waals surface area contributed by atoms with E-state index < -0.39 is 67.1 Å². The molecular formula is C13H22N6O7S. The number of primary amides is 1. The molecule has 27 heavy (non-hydrogen) atoms. The standard InChI is InChI=1S/C13H22N6O7S/c14-2-9(21)18-7(5-27)13(26)19-6(1-8(15)20)12(25)17-3-10(22)16-4-11(23)24/h6-7,27H,1-5,14H2,(H2,15,20)(H,16,22)(H,17,25)(H,18,21)(H,19,26)(H,23,24)/t6-,7-/m0/s1. The van der Waals surface area contributed by atoms with Crippen molar-refractivity contribution in [3.05, 3.63) is 0 Å². The Morgan fingerprint density at radius 2 is 1.52 bits per heavy atom. The zero-order chi connectivity index (χ0) is 21.0. The van der Waals surface area contributed by atoms with E-state index >= 15 is 0 Å². The first-order valence-corrected chi connectivity index (χ1v) is 8.19. The van der Waals surface area contributed by atoms with E-state index in [0.717, 1.165) is 0 Å². The monoisotopic (exact) mass is 406 g/mol. The van der Waals surface area contributed by atoms with Crippen LogP contribution in [0.2, 0.25) is 0 Å². The molecule has 9 N–H and O–H groups in total. The predicted octanol–water partition coefficient (Wildman–Crippen LogP) is -4.96. The van der Waals surface area contributed by atoms with Crippen LogP contribution in [-0.2, 0) is 28.8 Å². The van der Waals surface area contributed by atoms with Gasteiger partial charge >= 0.3 is 5.97 Å². The minimum Gasteiger partial charge on any atom is -0.480 e. The van der Waals surface area contributed by atoms with Gasteiger partial charge in [0.25, 0.3) is 0 Å². The molecule has 0 heterocycles. The maximum absolute atomic E-state index is 12.1. The highest BCUT2D eigenvalue weighted by atomic mass is 32.1. The molecule has 0 aromatic heterocycles. The highest BCUT2D eigenvalue weighted by Gasteiger charge is 2.27. The summed E-state index contributed by atoms with van der Waals surface area (Å²) in [6.07, 6.45) is -0.571. The molecule has 14 heteroatoms. The highest BCUT2D eigenvalue weighted by Crippen LogP contribution is 1.96. The van der Waals surface area contributed by atoms with Crippen LogP contribution in [0.4, 0.5) is 0 Å². The number of thiol groups is 1. The minimum absolute atomic E-state index is 0.111. The second-order valence-electron chi connectivity index (χ2n) is 5.13. The summed E-state index contributed by atoms with van der Waals surface area (Å²) in [4.78, 5) is 68.4. The summed E-state index contributed by atoms with van der Waals surface area (Å²) in [5.74, 6) is -5.43. The van der Waals surface area contributed by atoms with Crippen molar-refractivity contribution in [3.63, 3.8) is 0 Å². The summed E-state index contributed by atoms with van der Waals surface area (Å²) in [6.45, 7) is -1.59. The first kappa shape index (κ1) is 24.1. The van der Waals surface area contributed by atoms with Gasteiger partial charge < -0.3 is 37.8 Å². The maximum atomic E-state index is 12.1. The Bertz CT molecular complexity index is 600. The van der Waals surface area contributed by atoms with Gasteiger partial charge in [-0.1, -0.05) is 0 Å². The van der Waals surface area contributed by atoms with Crippen LogP contribution in [0.5, 0.6) is 0 Å². The molecular weight excluding hydrogens is 384 g/mol. The van der Waals surface area contributed by atoms with Crippen molar-refractivity contribution in [1.29, 1.82) is 0 Å². The number of hydrogen-bond acceptors (Lipinski definition) is 8. The number of amides is 5. The van der Waals surface area contributed by atoms with E-state index in [1.54, 1.807) is 0 Å². The molecule has 13 nitrogen and oxygen atoms in total. The van der Waals surface area contributed by atoms with Crippen molar-refractivity contribution in [2.75, 3.05) is 25.4 Å². The third kappa shape index (κ3) is 10.7. The Labute approximate surface area is 159 Å². The molecule has 2 atom stereocenters. The highest BCUT2D eigenvalue weighted by molar-refractivity contribution is 7.80. The quantitative estimate of drug-likeness (QED) is 0.146. The minimum atomic E-state index is -1.42. The van der Waals surface area contributed by atoms with Crippen LogP contribution < -0.4 is 32.7 Å². The number of nitrogens with one attached hydrogen (secondary N) is 4. The number of carbonyl (C=O) groups is 6.